The third kappa shape index (κ3) is 1.14. The molecular formula is C9H14N2O. The fourth-order valence-corrected chi connectivity index (χ4v) is 1.47. The lowest BCUT2D eigenvalue weighted by Crippen LogP contribution is -2.08. The van der Waals surface area contributed by atoms with Crippen LogP contribution in [0.5, 0.6) is 0 Å². The van der Waals surface area contributed by atoms with Crippen molar-refractivity contribution >= 4 is 0 Å². The Labute approximate surface area is 72.0 Å². The van der Waals surface area contributed by atoms with E-state index in [4.69, 9.17) is 10.2 Å². The predicted octanol–water partition coefficient (Wildman–Crippen LogP) is 1.71. The van der Waals surface area contributed by atoms with Crippen molar-refractivity contribution in [3.63, 3.8) is 0 Å². The Balaban J connectivity index is 2.21. The van der Waals surface area contributed by atoms with Crippen molar-refractivity contribution < 1.29 is 4.42 Å². The maximum atomic E-state index is 5.53. The molecule has 0 aliphatic heterocycles. The van der Waals surface area contributed by atoms with Crippen LogP contribution >= 0.6 is 0 Å². The molecule has 1 aromatic heterocycles. The SMILES string of the molecule is Cc1nc(C2CCC2)oc1CN. The predicted molar refractivity (Wildman–Crippen MR) is 45.7 cm³/mol. The summed E-state index contributed by atoms with van der Waals surface area (Å²) in [5.41, 5.74) is 6.45. The molecule has 0 amide bonds. The Morgan fingerprint density at radius 1 is 1.58 bits per heavy atom. The van der Waals surface area contributed by atoms with Gasteiger partial charge in [-0.15, -0.1) is 0 Å². The third-order valence-corrected chi connectivity index (χ3v) is 2.55. The monoisotopic (exact) mass is 166 g/mol. The number of rotatable bonds is 2. The van der Waals surface area contributed by atoms with Crippen molar-refractivity contribution in [3.05, 3.63) is 17.3 Å². The summed E-state index contributed by atoms with van der Waals surface area (Å²) in [7, 11) is 0. The molecule has 3 heteroatoms. The van der Waals surface area contributed by atoms with E-state index in [0.29, 0.717) is 12.5 Å². The normalized spacial score (nSPS) is 17.8. The first-order valence-electron chi connectivity index (χ1n) is 4.47. The fourth-order valence-electron chi connectivity index (χ4n) is 1.47. The van der Waals surface area contributed by atoms with Crippen LogP contribution in [0.1, 0.15) is 42.5 Å². The van der Waals surface area contributed by atoms with Crippen molar-refractivity contribution in [2.75, 3.05) is 0 Å². The van der Waals surface area contributed by atoms with Crippen LogP contribution < -0.4 is 5.73 Å². The minimum atomic E-state index is 0.464. The first-order valence-corrected chi connectivity index (χ1v) is 4.47. The van der Waals surface area contributed by atoms with Gasteiger partial charge in [-0.25, -0.2) is 4.98 Å². The van der Waals surface area contributed by atoms with Crippen molar-refractivity contribution in [1.29, 1.82) is 0 Å². The average Bonchev–Trinajstić information content (AvgIpc) is 2.27. The molecule has 1 saturated carbocycles. The quantitative estimate of drug-likeness (QED) is 0.727. The van der Waals surface area contributed by atoms with Gasteiger partial charge in [-0.3, -0.25) is 0 Å². The van der Waals surface area contributed by atoms with E-state index in [1.165, 1.54) is 19.3 Å². The van der Waals surface area contributed by atoms with Gasteiger partial charge in [-0.05, 0) is 19.8 Å². The molecular weight excluding hydrogens is 152 g/mol. The van der Waals surface area contributed by atoms with Crippen LogP contribution in [0.4, 0.5) is 0 Å². The summed E-state index contributed by atoms with van der Waals surface area (Å²) in [5, 5.41) is 0. The minimum Gasteiger partial charge on any atom is -0.444 e. The fraction of sp³-hybridized carbons (Fsp3) is 0.667. The number of hydrogen-bond acceptors (Lipinski definition) is 3. The molecule has 2 rings (SSSR count). The van der Waals surface area contributed by atoms with Gasteiger partial charge in [-0.2, -0.15) is 0 Å². The molecule has 0 bridgehead atoms. The number of aryl methyl sites for hydroxylation is 1. The van der Waals surface area contributed by atoms with E-state index in [1.54, 1.807) is 0 Å². The summed E-state index contributed by atoms with van der Waals surface area (Å²) in [6, 6.07) is 0. The third-order valence-electron chi connectivity index (χ3n) is 2.55. The summed E-state index contributed by atoms with van der Waals surface area (Å²) < 4.78 is 5.53. The first-order chi connectivity index (χ1) is 5.81. The van der Waals surface area contributed by atoms with Crippen molar-refractivity contribution in [3.8, 4) is 0 Å². The molecule has 0 aromatic carbocycles. The van der Waals surface area contributed by atoms with Crippen molar-refractivity contribution in [1.82, 2.24) is 4.98 Å². The lowest BCUT2D eigenvalue weighted by molar-refractivity contribution is 0.325. The molecule has 0 atom stereocenters. The van der Waals surface area contributed by atoms with Gasteiger partial charge in [0.15, 0.2) is 5.89 Å². The number of nitrogens with zero attached hydrogens (tertiary/aromatic N) is 1. The Bertz CT molecular complexity index is 276. The molecule has 2 N–H and O–H groups in total. The molecule has 66 valence electrons. The van der Waals surface area contributed by atoms with Crippen molar-refractivity contribution in [2.24, 2.45) is 5.73 Å². The maximum Gasteiger partial charge on any atom is 0.197 e. The Morgan fingerprint density at radius 2 is 2.33 bits per heavy atom. The topological polar surface area (TPSA) is 52.0 Å². The first kappa shape index (κ1) is 7.80. The highest BCUT2D eigenvalue weighted by Gasteiger charge is 2.25. The van der Waals surface area contributed by atoms with Crippen LogP contribution in [0.2, 0.25) is 0 Å². The average molecular weight is 166 g/mol. The van der Waals surface area contributed by atoms with Gasteiger partial charge < -0.3 is 10.2 Å². The number of hydrogen-bond donors (Lipinski definition) is 1. The van der Waals surface area contributed by atoms with E-state index in [-0.39, 0.29) is 0 Å². The van der Waals surface area contributed by atoms with E-state index < -0.39 is 0 Å². The van der Waals surface area contributed by atoms with Crippen molar-refractivity contribution in [2.45, 2.75) is 38.6 Å². The lowest BCUT2D eigenvalue weighted by atomic mass is 9.85. The number of oxazole rings is 1. The van der Waals surface area contributed by atoms with E-state index in [9.17, 15) is 0 Å². The molecule has 0 unspecified atom stereocenters. The molecule has 1 heterocycles. The van der Waals surface area contributed by atoms with Crippen LogP contribution in [0.3, 0.4) is 0 Å². The minimum absolute atomic E-state index is 0.464. The molecule has 3 nitrogen and oxygen atoms in total. The Hall–Kier alpha value is -0.830. The standard InChI is InChI=1S/C9H14N2O/c1-6-8(5-10)12-9(11-6)7-3-2-4-7/h7H,2-5,10H2,1H3. The van der Waals surface area contributed by atoms with Gasteiger partial charge in [0, 0.05) is 5.92 Å². The zero-order valence-electron chi connectivity index (χ0n) is 7.34. The highest BCUT2D eigenvalue weighted by Crippen LogP contribution is 2.36. The molecule has 12 heavy (non-hydrogen) atoms. The summed E-state index contributed by atoms with van der Waals surface area (Å²) in [4.78, 5) is 4.36. The van der Waals surface area contributed by atoms with Gasteiger partial charge in [0.2, 0.25) is 0 Å². The van der Waals surface area contributed by atoms with Gasteiger partial charge >= 0.3 is 0 Å². The zero-order valence-corrected chi connectivity index (χ0v) is 7.34. The van der Waals surface area contributed by atoms with Gasteiger partial charge in [-0.1, -0.05) is 6.42 Å². The maximum absolute atomic E-state index is 5.53. The van der Waals surface area contributed by atoms with Crippen LogP contribution in [0.15, 0.2) is 4.42 Å². The smallest absolute Gasteiger partial charge is 0.197 e. The molecule has 0 saturated heterocycles. The molecule has 1 aliphatic rings. The van der Waals surface area contributed by atoms with Crippen LogP contribution in [0, 0.1) is 6.92 Å². The number of nitrogens with two attached hydrogens (primary N) is 1. The second-order valence-electron chi connectivity index (χ2n) is 3.39. The second-order valence-corrected chi connectivity index (χ2v) is 3.39. The van der Waals surface area contributed by atoms with Gasteiger partial charge in [0.1, 0.15) is 5.76 Å². The van der Waals surface area contributed by atoms with E-state index in [1.807, 2.05) is 6.92 Å². The second kappa shape index (κ2) is 2.90. The Kier molecular flexibility index (Phi) is 1.89. The molecule has 1 aromatic rings. The highest BCUT2D eigenvalue weighted by molar-refractivity contribution is 5.10. The summed E-state index contributed by atoms with van der Waals surface area (Å²) in [6.45, 7) is 2.42. The van der Waals surface area contributed by atoms with Crippen LogP contribution in [-0.2, 0) is 6.54 Å². The molecule has 0 spiro atoms. The van der Waals surface area contributed by atoms with E-state index in [0.717, 1.165) is 17.3 Å². The van der Waals surface area contributed by atoms with Gasteiger partial charge in [0.05, 0.1) is 12.2 Å². The van der Waals surface area contributed by atoms with E-state index >= 15 is 0 Å². The molecule has 1 fully saturated rings. The lowest BCUT2D eigenvalue weighted by Gasteiger charge is -2.21. The van der Waals surface area contributed by atoms with Gasteiger partial charge in [0.25, 0.3) is 0 Å². The van der Waals surface area contributed by atoms with E-state index in [2.05, 4.69) is 4.98 Å². The molecule has 1 aliphatic carbocycles. The highest BCUT2D eigenvalue weighted by atomic mass is 16.4. The van der Waals surface area contributed by atoms with Crippen LogP contribution in [0.25, 0.3) is 0 Å². The summed E-state index contributed by atoms with van der Waals surface area (Å²) in [6.07, 6.45) is 3.76. The largest absolute Gasteiger partial charge is 0.444 e. The molecule has 0 radical (unpaired) electrons. The van der Waals surface area contributed by atoms with Crippen LogP contribution in [-0.4, -0.2) is 4.98 Å². The summed E-state index contributed by atoms with van der Waals surface area (Å²) >= 11 is 0. The number of aromatic nitrogens is 1. The zero-order chi connectivity index (χ0) is 8.55. The Morgan fingerprint density at radius 3 is 2.75 bits per heavy atom. The summed E-state index contributed by atoms with van der Waals surface area (Å²) in [5.74, 6) is 2.32.